The Bertz CT molecular complexity index is 338. The number of nitro benzene ring substituents is 1. The van der Waals surface area contributed by atoms with Crippen LogP contribution in [-0.2, 0) is 0 Å². The number of hydrogen-bond acceptors (Lipinski definition) is 3. The average Bonchev–Trinajstić information content (AvgIpc) is 2.05. The van der Waals surface area contributed by atoms with Crippen LogP contribution in [-0.4, -0.2) is 28.0 Å². The van der Waals surface area contributed by atoms with Crippen LogP contribution in [0.25, 0.3) is 0 Å². The van der Waals surface area contributed by atoms with Crippen molar-refractivity contribution < 1.29 is 17.3 Å². The SMILES string of the molecule is N#Cc1cc[c-]c([N+](=O)[O-])c1.[Cl-].[Mg+2]. The third kappa shape index (κ3) is 4.08. The molecule has 0 saturated carbocycles. The van der Waals surface area contributed by atoms with Crippen molar-refractivity contribution in [2.45, 2.75) is 0 Å². The van der Waals surface area contributed by atoms with Crippen molar-refractivity contribution in [2.75, 3.05) is 0 Å². The van der Waals surface area contributed by atoms with Gasteiger partial charge in [0.05, 0.1) is 6.07 Å². The van der Waals surface area contributed by atoms with Gasteiger partial charge in [-0.25, -0.2) is 0 Å². The molecular weight excluding hydrogens is 204 g/mol. The molecule has 0 bridgehead atoms. The van der Waals surface area contributed by atoms with Gasteiger partial charge in [-0.3, -0.25) is 10.1 Å². The molecule has 0 atom stereocenters. The number of halogens is 1. The molecule has 62 valence electrons. The van der Waals surface area contributed by atoms with Crippen LogP contribution in [0.5, 0.6) is 0 Å². The molecule has 1 rings (SSSR count). The largest absolute Gasteiger partial charge is 2.00 e. The molecule has 0 saturated heterocycles. The molecule has 0 N–H and O–H groups in total. The van der Waals surface area contributed by atoms with E-state index in [1.807, 2.05) is 0 Å². The van der Waals surface area contributed by atoms with E-state index in [1.165, 1.54) is 18.2 Å². The number of nitrogens with zero attached hydrogens (tertiary/aromatic N) is 2. The number of nitriles is 1. The van der Waals surface area contributed by atoms with Gasteiger partial charge in [-0.2, -0.15) is 17.4 Å². The summed E-state index contributed by atoms with van der Waals surface area (Å²) in [6.45, 7) is 0. The first-order chi connectivity index (χ1) is 5.24. The maximum absolute atomic E-state index is 10.1. The predicted molar refractivity (Wildman–Crippen MR) is 42.4 cm³/mol. The first-order valence-corrected chi connectivity index (χ1v) is 2.80. The van der Waals surface area contributed by atoms with Gasteiger partial charge in [-0.15, -0.1) is 6.07 Å². The summed E-state index contributed by atoms with van der Waals surface area (Å²) in [6, 6.07) is 8.19. The van der Waals surface area contributed by atoms with Crippen molar-refractivity contribution in [3.8, 4) is 6.07 Å². The molecular formula is C7H3ClMgN2O2. The fraction of sp³-hybridized carbons (Fsp3) is 0. The number of hydrogen-bond donors (Lipinski definition) is 0. The summed E-state index contributed by atoms with van der Waals surface area (Å²) in [7, 11) is 0. The number of non-ortho nitro benzene ring substituents is 1. The Hall–Kier alpha value is -0.834. The summed E-state index contributed by atoms with van der Waals surface area (Å²) in [6.07, 6.45) is 0. The third-order valence-corrected chi connectivity index (χ3v) is 1.11. The van der Waals surface area contributed by atoms with Crippen molar-refractivity contribution in [3.05, 3.63) is 39.9 Å². The normalized spacial score (nSPS) is 7.31. The summed E-state index contributed by atoms with van der Waals surface area (Å²) in [5.41, 5.74) is 0.0968. The van der Waals surface area contributed by atoms with Gasteiger partial charge >= 0.3 is 23.1 Å². The quantitative estimate of drug-likeness (QED) is 0.229. The first-order valence-electron chi connectivity index (χ1n) is 2.80. The van der Waals surface area contributed by atoms with Crippen LogP contribution in [0.15, 0.2) is 18.2 Å². The van der Waals surface area contributed by atoms with Crippen molar-refractivity contribution in [3.63, 3.8) is 0 Å². The van der Waals surface area contributed by atoms with Crippen LogP contribution in [0, 0.1) is 27.5 Å². The van der Waals surface area contributed by atoms with E-state index in [1.54, 1.807) is 6.07 Å². The van der Waals surface area contributed by atoms with Crippen molar-refractivity contribution in [2.24, 2.45) is 0 Å². The van der Waals surface area contributed by atoms with Crippen LogP contribution in [0.2, 0.25) is 0 Å². The minimum absolute atomic E-state index is 0. The fourth-order valence-corrected chi connectivity index (χ4v) is 0.629. The summed E-state index contributed by atoms with van der Waals surface area (Å²) in [4.78, 5) is 9.55. The topological polar surface area (TPSA) is 66.9 Å². The molecule has 0 fully saturated rings. The molecule has 0 aliphatic carbocycles. The van der Waals surface area contributed by atoms with Crippen LogP contribution >= 0.6 is 0 Å². The zero-order valence-electron chi connectivity index (χ0n) is 6.53. The molecule has 0 heterocycles. The first kappa shape index (κ1) is 14.7. The van der Waals surface area contributed by atoms with Crippen LogP contribution in [0.1, 0.15) is 5.56 Å². The van der Waals surface area contributed by atoms with E-state index in [-0.39, 0.29) is 46.7 Å². The van der Waals surface area contributed by atoms with E-state index in [4.69, 9.17) is 5.26 Å². The van der Waals surface area contributed by atoms with Gasteiger partial charge in [0.25, 0.3) is 0 Å². The van der Waals surface area contributed by atoms with Gasteiger partial charge in [0.2, 0.25) is 0 Å². The minimum atomic E-state index is -0.582. The summed E-state index contributed by atoms with van der Waals surface area (Å²) in [5.74, 6) is 0. The van der Waals surface area contributed by atoms with Gasteiger partial charge in [0.1, 0.15) is 0 Å². The summed E-state index contributed by atoms with van der Waals surface area (Å²) in [5, 5.41) is 18.5. The fourth-order valence-electron chi connectivity index (χ4n) is 0.629. The van der Waals surface area contributed by atoms with E-state index in [2.05, 4.69) is 6.07 Å². The Morgan fingerprint density at radius 3 is 2.69 bits per heavy atom. The van der Waals surface area contributed by atoms with Gasteiger partial charge in [-0.05, 0) is 0 Å². The molecule has 0 aliphatic heterocycles. The number of rotatable bonds is 1. The molecule has 0 aromatic heterocycles. The minimum Gasteiger partial charge on any atom is -1.00 e. The molecule has 0 amide bonds. The molecule has 1 aromatic carbocycles. The van der Waals surface area contributed by atoms with E-state index in [9.17, 15) is 10.1 Å². The zero-order valence-corrected chi connectivity index (χ0v) is 8.70. The Morgan fingerprint density at radius 1 is 1.62 bits per heavy atom. The second-order valence-electron chi connectivity index (χ2n) is 1.83. The van der Waals surface area contributed by atoms with Gasteiger partial charge in [0.15, 0.2) is 5.69 Å². The molecule has 0 aliphatic rings. The Kier molecular flexibility index (Phi) is 7.52. The Morgan fingerprint density at radius 2 is 2.23 bits per heavy atom. The van der Waals surface area contributed by atoms with E-state index >= 15 is 0 Å². The number of benzene rings is 1. The van der Waals surface area contributed by atoms with Crippen LogP contribution < -0.4 is 12.4 Å². The monoisotopic (exact) mass is 206 g/mol. The summed E-state index contributed by atoms with van der Waals surface area (Å²) >= 11 is 0. The second-order valence-corrected chi connectivity index (χ2v) is 1.83. The van der Waals surface area contributed by atoms with Gasteiger partial charge in [-0.1, -0.05) is 11.6 Å². The Labute approximate surface area is 97.3 Å². The van der Waals surface area contributed by atoms with Crippen molar-refractivity contribution in [1.82, 2.24) is 0 Å². The second kappa shape index (κ2) is 6.66. The third-order valence-electron chi connectivity index (χ3n) is 1.11. The van der Waals surface area contributed by atoms with E-state index in [0.29, 0.717) is 0 Å². The van der Waals surface area contributed by atoms with E-state index < -0.39 is 4.92 Å². The molecule has 4 nitrogen and oxygen atoms in total. The van der Waals surface area contributed by atoms with Crippen molar-refractivity contribution >= 4 is 28.7 Å². The van der Waals surface area contributed by atoms with Gasteiger partial charge < -0.3 is 12.4 Å². The van der Waals surface area contributed by atoms with E-state index in [0.717, 1.165) is 0 Å². The smallest absolute Gasteiger partial charge is 1.00 e. The zero-order chi connectivity index (χ0) is 8.27. The van der Waals surface area contributed by atoms with Gasteiger partial charge in [0, 0.05) is 4.92 Å². The maximum Gasteiger partial charge on any atom is 2.00 e. The van der Waals surface area contributed by atoms with Crippen LogP contribution in [0.3, 0.4) is 0 Å². The molecule has 1 aromatic rings. The maximum atomic E-state index is 10.1. The molecule has 13 heavy (non-hydrogen) atoms. The molecule has 0 spiro atoms. The molecule has 0 radical (unpaired) electrons. The van der Waals surface area contributed by atoms with Crippen molar-refractivity contribution in [1.29, 1.82) is 5.26 Å². The number of nitro groups is 1. The molecule has 6 heteroatoms. The Balaban J connectivity index is 0. The average molecular weight is 207 g/mol. The predicted octanol–water partition coefficient (Wildman–Crippen LogP) is -2.11. The standard InChI is InChI=1S/C7H3N2O2.ClH.Mg/c8-5-6-2-1-3-7(4-6)9(10)11;;/h1-2,4H;1H;/q-1;;+2/p-1. The summed E-state index contributed by atoms with van der Waals surface area (Å²) < 4.78 is 0. The van der Waals surface area contributed by atoms with Crippen LogP contribution in [0.4, 0.5) is 5.69 Å². The molecule has 0 unspecified atom stereocenters.